The van der Waals surface area contributed by atoms with Crippen molar-refractivity contribution in [3.8, 4) is 55.6 Å². The number of fused-ring (bicyclic) bond motifs is 6. The molecule has 0 spiro atoms. The summed E-state index contributed by atoms with van der Waals surface area (Å²) in [5, 5.41) is 5.05. The highest BCUT2D eigenvalue weighted by Crippen LogP contribution is 2.60. The van der Waals surface area contributed by atoms with Gasteiger partial charge in [0, 0.05) is 17.1 Å². The van der Waals surface area contributed by atoms with Crippen LogP contribution >= 0.6 is 0 Å². The van der Waals surface area contributed by atoms with Crippen LogP contribution in [0.2, 0.25) is 0 Å². The summed E-state index contributed by atoms with van der Waals surface area (Å²) in [6.07, 6.45) is 0. The van der Waals surface area contributed by atoms with Crippen molar-refractivity contribution in [1.29, 1.82) is 0 Å². The van der Waals surface area contributed by atoms with E-state index in [2.05, 4.69) is 222 Å². The van der Waals surface area contributed by atoms with E-state index in [4.69, 9.17) is 0 Å². The summed E-state index contributed by atoms with van der Waals surface area (Å²) in [6.45, 7) is 11.4. The molecule has 1 aliphatic carbocycles. The lowest BCUT2D eigenvalue weighted by Gasteiger charge is -2.33. The molecular formula is C56H45N. The van der Waals surface area contributed by atoms with Gasteiger partial charge < -0.3 is 4.90 Å². The Morgan fingerprint density at radius 3 is 1.42 bits per heavy atom. The fourth-order valence-electron chi connectivity index (χ4n) is 8.95. The summed E-state index contributed by atoms with van der Waals surface area (Å²) in [5.74, 6) is 0. The first kappa shape index (κ1) is 34.8. The Balaban J connectivity index is 1.21. The number of hydrogen-bond acceptors (Lipinski definition) is 1. The van der Waals surface area contributed by atoms with Crippen LogP contribution in [-0.2, 0) is 5.41 Å². The lowest BCUT2D eigenvalue weighted by Crippen LogP contribution is -2.16. The molecule has 0 heterocycles. The largest absolute Gasteiger partial charge is 0.310 e. The molecule has 9 aromatic rings. The summed E-state index contributed by atoms with van der Waals surface area (Å²) in [7, 11) is 0. The second-order valence-electron chi connectivity index (χ2n) is 16.7. The van der Waals surface area contributed by atoms with Crippen LogP contribution < -0.4 is 4.90 Å². The highest BCUT2D eigenvalue weighted by atomic mass is 15.1. The van der Waals surface area contributed by atoms with Gasteiger partial charge in [-0.05, 0) is 150 Å². The third kappa shape index (κ3) is 5.85. The van der Waals surface area contributed by atoms with Gasteiger partial charge in [-0.25, -0.2) is 0 Å². The van der Waals surface area contributed by atoms with E-state index in [1.165, 1.54) is 105 Å². The van der Waals surface area contributed by atoms with Crippen molar-refractivity contribution in [3.05, 3.63) is 199 Å². The minimum atomic E-state index is 0.00731. The average Bonchev–Trinajstić information content (AvgIpc) is 3.24. The van der Waals surface area contributed by atoms with Gasteiger partial charge in [-0.1, -0.05) is 166 Å². The van der Waals surface area contributed by atoms with Gasteiger partial charge in [0.15, 0.2) is 0 Å². The summed E-state index contributed by atoms with van der Waals surface area (Å²) >= 11 is 0. The summed E-state index contributed by atoms with van der Waals surface area (Å²) in [6, 6.07) is 67.4. The number of hydrogen-bond donors (Lipinski definition) is 0. The van der Waals surface area contributed by atoms with Crippen molar-refractivity contribution in [3.63, 3.8) is 0 Å². The van der Waals surface area contributed by atoms with Crippen molar-refractivity contribution >= 4 is 38.6 Å². The highest BCUT2D eigenvalue weighted by Gasteiger charge is 2.33. The van der Waals surface area contributed by atoms with Crippen molar-refractivity contribution < 1.29 is 0 Å². The maximum absolute atomic E-state index is 2.50. The van der Waals surface area contributed by atoms with Crippen LogP contribution in [0.25, 0.3) is 77.2 Å². The zero-order valence-electron chi connectivity index (χ0n) is 33.3. The van der Waals surface area contributed by atoms with Gasteiger partial charge in [-0.15, -0.1) is 0 Å². The lowest BCUT2D eigenvalue weighted by atomic mass is 9.70. The molecule has 0 saturated heterocycles. The fourth-order valence-corrected chi connectivity index (χ4v) is 8.95. The SMILES string of the molecule is Cc1ccc(-c2ccccc2)cc1N(c1ccc2cc3c(cc2c1)-c1c-3c(-c2ccccc2)c2ccccc2c1-c1ccccc1)c1cc(C(C)(C)C)ccc1C. The number of anilines is 3. The molecule has 1 heteroatoms. The molecule has 0 saturated carbocycles. The normalized spacial score (nSPS) is 11.9. The van der Waals surface area contributed by atoms with Crippen LogP contribution in [0.1, 0.15) is 37.5 Å². The first-order valence-electron chi connectivity index (χ1n) is 20.1. The van der Waals surface area contributed by atoms with Gasteiger partial charge in [-0.3, -0.25) is 0 Å². The monoisotopic (exact) mass is 731 g/mol. The molecule has 0 atom stereocenters. The Morgan fingerprint density at radius 1 is 0.368 bits per heavy atom. The molecule has 1 nitrogen and oxygen atoms in total. The van der Waals surface area contributed by atoms with Crippen molar-refractivity contribution in [1.82, 2.24) is 0 Å². The van der Waals surface area contributed by atoms with Gasteiger partial charge in [0.1, 0.15) is 0 Å². The van der Waals surface area contributed by atoms with Gasteiger partial charge in [0.25, 0.3) is 0 Å². The lowest BCUT2D eigenvalue weighted by molar-refractivity contribution is 0.590. The molecule has 0 fully saturated rings. The van der Waals surface area contributed by atoms with E-state index in [1.807, 2.05) is 0 Å². The molecular weight excluding hydrogens is 687 g/mol. The number of aryl methyl sites for hydroxylation is 2. The van der Waals surface area contributed by atoms with E-state index in [0.29, 0.717) is 0 Å². The van der Waals surface area contributed by atoms with Crippen molar-refractivity contribution in [2.24, 2.45) is 0 Å². The number of benzene rings is 9. The first-order valence-corrected chi connectivity index (χ1v) is 20.1. The summed E-state index contributed by atoms with van der Waals surface area (Å²) in [4.78, 5) is 2.50. The molecule has 9 aromatic carbocycles. The van der Waals surface area contributed by atoms with Crippen molar-refractivity contribution in [2.75, 3.05) is 4.90 Å². The quantitative estimate of drug-likeness (QED) is 0.165. The van der Waals surface area contributed by atoms with Crippen LogP contribution in [0.15, 0.2) is 182 Å². The Bertz CT molecular complexity index is 2990. The van der Waals surface area contributed by atoms with E-state index in [0.717, 1.165) is 5.69 Å². The molecule has 10 rings (SSSR count). The highest BCUT2D eigenvalue weighted by molar-refractivity contribution is 6.26. The Hall–Kier alpha value is -6.70. The number of rotatable bonds is 6. The summed E-state index contributed by atoms with van der Waals surface area (Å²) in [5.41, 5.74) is 20.2. The smallest absolute Gasteiger partial charge is 0.0497 e. The Kier molecular flexibility index (Phi) is 8.23. The third-order valence-electron chi connectivity index (χ3n) is 12.0. The number of nitrogens with zero attached hydrogens (tertiary/aromatic N) is 1. The molecule has 274 valence electrons. The van der Waals surface area contributed by atoms with Crippen molar-refractivity contribution in [2.45, 2.75) is 40.0 Å². The van der Waals surface area contributed by atoms with E-state index < -0.39 is 0 Å². The van der Waals surface area contributed by atoms with E-state index in [-0.39, 0.29) is 5.41 Å². The summed E-state index contributed by atoms with van der Waals surface area (Å²) < 4.78 is 0. The van der Waals surface area contributed by atoms with Crippen LogP contribution in [0.5, 0.6) is 0 Å². The van der Waals surface area contributed by atoms with Gasteiger partial charge >= 0.3 is 0 Å². The zero-order chi connectivity index (χ0) is 38.8. The molecule has 0 aromatic heterocycles. The fraction of sp³-hybridized carbons (Fsp3) is 0.107. The van der Waals surface area contributed by atoms with Crippen LogP contribution in [0.3, 0.4) is 0 Å². The Morgan fingerprint density at radius 2 is 0.860 bits per heavy atom. The standard InChI is InChI=1S/C56H45N/c1-36-25-27-42(38-17-9-6-10-18-38)34-50(36)57(51-35-44(56(3,4)5)29-26-37(51)2)45-30-28-41-32-48-49(33-43(41)31-45)55-53(40-21-13-8-14-22-40)47-24-16-15-23-46(47)52(54(48)55)39-19-11-7-12-20-39/h6-35H,1-5H3. The predicted molar refractivity (Wildman–Crippen MR) is 245 cm³/mol. The molecule has 0 N–H and O–H groups in total. The molecule has 1 aliphatic rings. The van der Waals surface area contributed by atoms with E-state index >= 15 is 0 Å². The van der Waals surface area contributed by atoms with Gasteiger partial charge in [0.05, 0.1) is 0 Å². The van der Waals surface area contributed by atoms with E-state index in [9.17, 15) is 0 Å². The second-order valence-corrected chi connectivity index (χ2v) is 16.7. The Labute approximate surface area is 336 Å². The van der Waals surface area contributed by atoms with Gasteiger partial charge in [-0.2, -0.15) is 0 Å². The average molecular weight is 732 g/mol. The van der Waals surface area contributed by atoms with Gasteiger partial charge in [0.2, 0.25) is 0 Å². The minimum absolute atomic E-state index is 0.00731. The zero-order valence-corrected chi connectivity index (χ0v) is 33.3. The minimum Gasteiger partial charge on any atom is -0.310 e. The molecule has 0 radical (unpaired) electrons. The second kappa shape index (κ2) is 13.5. The third-order valence-corrected chi connectivity index (χ3v) is 12.0. The maximum Gasteiger partial charge on any atom is 0.0497 e. The topological polar surface area (TPSA) is 3.24 Å². The van der Waals surface area contributed by atoms with E-state index in [1.54, 1.807) is 0 Å². The first-order chi connectivity index (χ1) is 27.7. The van der Waals surface area contributed by atoms with Crippen LogP contribution in [0.4, 0.5) is 17.1 Å². The molecule has 0 bridgehead atoms. The molecule has 0 aliphatic heterocycles. The van der Waals surface area contributed by atoms with Crippen LogP contribution in [-0.4, -0.2) is 0 Å². The van der Waals surface area contributed by atoms with Crippen LogP contribution in [0, 0.1) is 13.8 Å². The predicted octanol–water partition coefficient (Wildman–Crippen LogP) is 16.0. The maximum atomic E-state index is 2.50. The molecule has 0 unspecified atom stereocenters. The molecule has 57 heavy (non-hydrogen) atoms. The molecule has 0 amide bonds.